The number of carbonyl (C=O) groups is 5. The van der Waals surface area contributed by atoms with Crippen LogP contribution >= 0.6 is 0 Å². The van der Waals surface area contributed by atoms with Gasteiger partial charge < -0.3 is 38.5 Å². The zero-order valence-electron chi connectivity index (χ0n) is 33.4. The Hall–Kier alpha value is -3.87. The van der Waals surface area contributed by atoms with E-state index in [9.17, 15) is 19.2 Å². The highest BCUT2D eigenvalue weighted by molar-refractivity contribution is 6.24. The highest BCUT2D eigenvalue weighted by atomic mass is 16.6. The van der Waals surface area contributed by atoms with Crippen molar-refractivity contribution in [2.75, 3.05) is 47.3 Å². The molecule has 0 fully saturated rings. The molecule has 0 spiro atoms. The van der Waals surface area contributed by atoms with Gasteiger partial charge in [-0.2, -0.15) is 0 Å². The zero-order valence-corrected chi connectivity index (χ0v) is 33.4. The van der Waals surface area contributed by atoms with Crippen molar-refractivity contribution in [3.05, 3.63) is 23.8 Å². The van der Waals surface area contributed by atoms with E-state index in [4.69, 9.17) is 33.2 Å². The average molecular weight is 738 g/mol. The average Bonchev–Trinajstić information content (AvgIpc) is 3.06. The van der Waals surface area contributed by atoms with Crippen LogP contribution in [0.4, 0.5) is 4.79 Å². The zero-order chi connectivity index (χ0) is 39.6. The highest BCUT2D eigenvalue weighted by Gasteiger charge is 2.66. The molecule has 0 bridgehead atoms. The van der Waals surface area contributed by atoms with Crippen LogP contribution in [0.1, 0.15) is 94.1 Å². The van der Waals surface area contributed by atoms with Crippen LogP contribution in [-0.2, 0) is 49.3 Å². The van der Waals surface area contributed by atoms with E-state index in [0.29, 0.717) is 44.0 Å². The molecule has 4 atom stereocenters. The summed E-state index contributed by atoms with van der Waals surface area (Å²) in [6.45, 7) is 17.5. The molecule has 1 aromatic rings. The lowest BCUT2D eigenvalue weighted by molar-refractivity contribution is -0.188. The molecule has 0 saturated heterocycles. The normalized spacial score (nSPS) is 14.4. The summed E-state index contributed by atoms with van der Waals surface area (Å²) in [5.74, 6) is -6.20. The molecule has 13 nitrogen and oxygen atoms in total. The number of hydrogen-bond donors (Lipinski definition) is 1. The van der Waals surface area contributed by atoms with Gasteiger partial charge in [-0.1, -0.05) is 40.7 Å². The van der Waals surface area contributed by atoms with E-state index < -0.39 is 58.7 Å². The van der Waals surface area contributed by atoms with Crippen LogP contribution in [0.25, 0.3) is 0 Å². The highest BCUT2D eigenvalue weighted by Crippen LogP contribution is 2.41. The lowest BCUT2D eigenvalue weighted by Crippen LogP contribution is -2.63. The van der Waals surface area contributed by atoms with E-state index in [1.54, 1.807) is 68.8 Å². The predicted octanol–water partition coefficient (Wildman–Crippen LogP) is 6.12. The van der Waals surface area contributed by atoms with E-state index >= 15 is 4.79 Å². The van der Waals surface area contributed by atoms with Gasteiger partial charge in [0.15, 0.2) is 17.3 Å². The molecule has 1 rings (SSSR count). The van der Waals surface area contributed by atoms with E-state index in [1.165, 1.54) is 6.92 Å². The smallest absolute Gasteiger partial charge is 0.408 e. The Bertz CT molecular complexity index is 1300. The van der Waals surface area contributed by atoms with E-state index in [2.05, 4.69) is 5.32 Å². The summed E-state index contributed by atoms with van der Waals surface area (Å²) in [6.07, 6.45) is 0.474. The maximum atomic E-state index is 15.2. The van der Waals surface area contributed by atoms with Crippen molar-refractivity contribution in [1.82, 2.24) is 5.32 Å². The Kier molecular flexibility index (Phi) is 19.8. The number of esters is 3. The van der Waals surface area contributed by atoms with Gasteiger partial charge in [0.1, 0.15) is 5.60 Å². The Balaban J connectivity index is 3.97. The minimum atomic E-state index is -2.81. The number of nitrogens with one attached hydrogen (secondary N) is 1. The van der Waals surface area contributed by atoms with Gasteiger partial charge in [0, 0.05) is 20.1 Å². The third-order valence-corrected chi connectivity index (χ3v) is 8.38. The van der Waals surface area contributed by atoms with Crippen molar-refractivity contribution in [3.8, 4) is 11.5 Å². The predicted molar refractivity (Wildman–Crippen MR) is 195 cm³/mol. The number of carbonyl (C=O) groups excluding carboxylic acids is 5. The number of ketones is 1. The monoisotopic (exact) mass is 737 g/mol. The molecule has 0 aliphatic heterocycles. The number of Topliss-reactive ketones (excluding diaryl/α,β-unsaturated/α-hetero) is 1. The summed E-state index contributed by atoms with van der Waals surface area (Å²) in [7, 11) is 3.17. The van der Waals surface area contributed by atoms with E-state index in [0.717, 1.165) is 5.56 Å². The van der Waals surface area contributed by atoms with Crippen molar-refractivity contribution in [3.63, 3.8) is 0 Å². The van der Waals surface area contributed by atoms with Crippen molar-refractivity contribution in [1.29, 1.82) is 0 Å². The second-order valence-electron chi connectivity index (χ2n) is 14.3. The van der Waals surface area contributed by atoms with E-state index in [-0.39, 0.29) is 38.1 Å². The molecular formula is C39H63NO12. The van der Waals surface area contributed by atoms with Gasteiger partial charge in [0.25, 0.3) is 0 Å². The standard InChI is InChI=1S/C39H63NO12/c1-13-19-51-36(44)39(35(43)49-15-3,32(26(6)7)34(42)48-14-2)33(41)29(40-37(45)52-38(8,9)10)24-28(25(4)5)22-27-17-18-30(47-12)31(23-27)50-21-16-20-46-11/h17-18,23,25-26,28-29,32H,13-16,19-22,24H2,1-12H3,(H,40,45)/t28-,29?,32+,39?/m0/s1. The lowest BCUT2D eigenvalue weighted by Gasteiger charge is -2.38. The van der Waals surface area contributed by atoms with Crippen LogP contribution in [-0.4, -0.2) is 88.7 Å². The van der Waals surface area contributed by atoms with Gasteiger partial charge >= 0.3 is 24.0 Å². The largest absolute Gasteiger partial charge is 0.493 e. The molecule has 52 heavy (non-hydrogen) atoms. The first-order chi connectivity index (χ1) is 24.4. The van der Waals surface area contributed by atoms with Gasteiger partial charge in [-0.05, 0) is 89.3 Å². The first kappa shape index (κ1) is 46.2. The molecule has 0 heterocycles. The number of benzene rings is 1. The van der Waals surface area contributed by atoms with Crippen molar-refractivity contribution in [2.45, 2.75) is 107 Å². The van der Waals surface area contributed by atoms with Crippen LogP contribution in [0.2, 0.25) is 0 Å². The van der Waals surface area contributed by atoms with Crippen molar-refractivity contribution in [2.24, 2.45) is 29.1 Å². The van der Waals surface area contributed by atoms with Gasteiger partial charge in [-0.25, -0.2) is 4.79 Å². The van der Waals surface area contributed by atoms with Crippen molar-refractivity contribution < 1.29 is 57.1 Å². The molecule has 296 valence electrons. The van der Waals surface area contributed by atoms with Crippen LogP contribution in [0, 0.1) is 29.1 Å². The van der Waals surface area contributed by atoms with E-state index in [1.807, 2.05) is 26.0 Å². The molecule has 1 amide bonds. The fourth-order valence-electron chi connectivity index (χ4n) is 5.93. The number of methoxy groups -OCH3 is 2. The lowest BCUT2D eigenvalue weighted by atomic mass is 9.64. The summed E-state index contributed by atoms with van der Waals surface area (Å²) in [6, 6.07) is 4.04. The molecule has 0 saturated carbocycles. The molecular weight excluding hydrogens is 674 g/mol. The van der Waals surface area contributed by atoms with Gasteiger partial charge in [0.2, 0.25) is 5.41 Å². The third kappa shape index (κ3) is 13.3. The fraction of sp³-hybridized carbons (Fsp3) is 0.718. The third-order valence-electron chi connectivity index (χ3n) is 8.38. The maximum absolute atomic E-state index is 15.2. The maximum Gasteiger partial charge on any atom is 0.408 e. The molecule has 0 aromatic heterocycles. The van der Waals surface area contributed by atoms with Crippen LogP contribution in [0.15, 0.2) is 18.2 Å². The molecule has 13 heteroatoms. The van der Waals surface area contributed by atoms with Gasteiger partial charge in [0.05, 0.1) is 45.5 Å². The summed E-state index contributed by atoms with van der Waals surface area (Å²) in [4.78, 5) is 70.8. The molecule has 0 aliphatic rings. The van der Waals surface area contributed by atoms with Gasteiger partial charge in [-0.3, -0.25) is 19.2 Å². The van der Waals surface area contributed by atoms with Crippen LogP contribution in [0.5, 0.6) is 11.5 Å². The summed E-state index contributed by atoms with van der Waals surface area (Å²) in [5.41, 5.74) is -2.90. The molecule has 0 radical (unpaired) electrons. The molecule has 2 unspecified atom stereocenters. The Labute approximate surface area is 310 Å². The minimum Gasteiger partial charge on any atom is -0.493 e. The second kappa shape index (κ2) is 22.3. The number of alkyl carbamates (subject to hydrolysis) is 1. The van der Waals surface area contributed by atoms with Crippen LogP contribution in [0.3, 0.4) is 0 Å². The topological polar surface area (TPSA) is 162 Å². The summed E-state index contributed by atoms with van der Waals surface area (Å²) >= 11 is 0. The number of rotatable bonds is 23. The summed E-state index contributed by atoms with van der Waals surface area (Å²) < 4.78 is 38.5. The Morgan fingerprint density at radius 2 is 1.42 bits per heavy atom. The molecule has 1 N–H and O–H groups in total. The molecule has 1 aromatic carbocycles. The number of ether oxygens (including phenoxy) is 7. The molecule has 0 aliphatic carbocycles. The summed E-state index contributed by atoms with van der Waals surface area (Å²) in [5, 5.41) is 2.66. The number of hydrogen-bond acceptors (Lipinski definition) is 12. The fourth-order valence-corrected chi connectivity index (χ4v) is 5.93. The first-order valence-electron chi connectivity index (χ1n) is 18.3. The first-order valence-corrected chi connectivity index (χ1v) is 18.3. The second-order valence-corrected chi connectivity index (χ2v) is 14.3. The SMILES string of the molecule is CCCOC(=O)C(C(=O)OCC)(C(=O)C(C[C@H](Cc1ccc(OC)c(OCCCOC)c1)C(C)C)NC(=O)OC(C)(C)C)[C@@H](C(=O)OCC)C(C)C. The minimum absolute atomic E-state index is 0.0400. The van der Waals surface area contributed by atoms with Gasteiger partial charge in [-0.15, -0.1) is 0 Å². The van der Waals surface area contributed by atoms with Crippen molar-refractivity contribution >= 4 is 29.8 Å². The van der Waals surface area contributed by atoms with Crippen LogP contribution < -0.4 is 14.8 Å². The number of amides is 1. The Morgan fingerprint density at radius 1 is 0.788 bits per heavy atom. The Morgan fingerprint density at radius 3 is 1.94 bits per heavy atom. The quantitative estimate of drug-likeness (QED) is 0.0594.